The van der Waals surface area contributed by atoms with Gasteiger partial charge in [0, 0.05) is 23.3 Å². The van der Waals surface area contributed by atoms with Crippen molar-refractivity contribution in [1.82, 2.24) is 19.6 Å². The van der Waals surface area contributed by atoms with E-state index in [2.05, 4.69) is 20.5 Å². The monoisotopic (exact) mass is 341 g/mol. The number of fused-ring (bicyclic) bond motifs is 1. The first kappa shape index (κ1) is 14.0. The molecule has 0 radical (unpaired) electrons. The topological polar surface area (TPSA) is 72.2 Å². The van der Waals surface area contributed by atoms with Gasteiger partial charge in [0.15, 0.2) is 4.96 Å². The van der Waals surface area contributed by atoms with E-state index in [0.29, 0.717) is 5.13 Å². The average Bonchev–Trinajstić information content (AvgIpc) is 3.24. The Labute approximate surface area is 139 Å². The minimum atomic E-state index is -0.147. The summed E-state index contributed by atoms with van der Waals surface area (Å²) in [5, 5.41) is 14.1. The normalized spacial score (nSPS) is 11.0. The van der Waals surface area contributed by atoms with Gasteiger partial charge in [0.05, 0.1) is 12.1 Å². The Kier molecular flexibility index (Phi) is 3.60. The summed E-state index contributed by atoms with van der Waals surface area (Å²) in [4.78, 5) is 17.4. The number of aromatic nitrogens is 4. The fourth-order valence-electron chi connectivity index (χ4n) is 2.16. The van der Waals surface area contributed by atoms with Gasteiger partial charge in [-0.3, -0.25) is 9.20 Å². The summed E-state index contributed by atoms with van der Waals surface area (Å²) >= 11 is 2.89. The van der Waals surface area contributed by atoms with Gasteiger partial charge in [-0.15, -0.1) is 21.5 Å². The van der Waals surface area contributed by atoms with Crippen molar-refractivity contribution in [3.8, 4) is 10.6 Å². The van der Waals surface area contributed by atoms with Crippen LogP contribution < -0.4 is 5.32 Å². The summed E-state index contributed by atoms with van der Waals surface area (Å²) in [7, 11) is 0. The minimum Gasteiger partial charge on any atom is -0.300 e. The quantitative estimate of drug-likeness (QED) is 0.619. The molecule has 0 fully saturated rings. The molecule has 1 N–H and O–H groups in total. The zero-order chi connectivity index (χ0) is 15.6. The second kappa shape index (κ2) is 5.90. The summed E-state index contributed by atoms with van der Waals surface area (Å²) in [6.45, 7) is 0. The Morgan fingerprint density at radius 2 is 2.09 bits per heavy atom. The van der Waals surface area contributed by atoms with E-state index in [1.165, 1.54) is 11.3 Å². The predicted octanol–water partition coefficient (Wildman–Crippen LogP) is 3.10. The van der Waals surface area contributed by atoms with E-state index in [9.17, 15) is 4.79 Å². The van der Waals surface area contributed by atoms with Crippen LogP contribution >= 0.6 is 22.7 Å². The van der Waals surface area contributed by atoms with Gasteiger partial charge in [-0.25, -0.2) is 4.98 Å². The third kappa shape index (κ3) is 2.99. The van der Waals surface area contributed by atoms with Crippen LogP contribution in [0, 0.1) is 0 Å². The third-order valence-electron chi connectivity index (χ3n) is 3.18. The number of imidazole rings is 1. The van der Waals surface area contributed by atoms with Crippen LogP contribution in [0.4, 0.5) is 5.13 Å². The Morgan fingerprint density at radius 3 is 2.91 bits per heavy atom. The second-order valence-electron chi connectivity index (χ2n) is 4.83. The van der Waals surface area contributed by atoms with Gasteiger partial charge in [0.25, 0.3) is 0 Å². The number of benzene rings is 1. The Hall–Kier alpha value is -2.58. The number of amides is 1. The van der Waals surface area contributed by atoms with Gasteiger partial charge in [0.2, 0.25) is 11.0 Å². The van der Waals surface area contributed by atoms with Crippen molar-refractivity contribution in [2.75, 3.05) is 5.32 Å². The van der Waals surface area contributed by atoms with Crippen LogP contribution in [0.25, 0.3) is 15.5 Å². The largest absolute Gasteiger partial charge is 0.300 e. The molecule has 0 aliphatic carbocycles. The molecule has 0 atom stereocenters. The molecule has 8 heteroatoms. The van der Waals surface area contributed by atoms with Crippen LogP contribution in [-0.2, 0) is 11.2 Å². The van der Waals surface area contributed by atoms with Gasteiger partial charge in [-0.2, -0.15) is 0 Å². The number of carbonyl (C=O) groups excluding carboxylic acids is 1. The van der Waals surface area contributed by atoms with E-state index in [4.69, 9.17) is 0 Å². The van der Waals surface area contributed by atoms with Crippen LogP contribution in [0.2, 0.25) is 0 Å². The zero-order valence-electron chi connectivity index (χ0n) is 11.8. The zero-order valence-corrected chi connectivity index (χ0v) is 13.5. The number of nitrogens with one attached hydrogen (secondary N) is 1. The lowest BCUT2D eigenvalue weighted by molar-refractivity contribution is -0.115. The average molecular weight is 341 g/mol. The van der Waals surface area contributed by atoms with Crippen molar-refractivity contribution in [2.24, 2.45) is 0 Å². The Morgan fingerprint density at radius 1 is 1.22 bits per heavy atom. The molecule has 4 aromatic rings. The highest BCUT2D eigenvalue weighted by Gasteiger charge is 2.12. The number of thiazole rings is 1. The van der Waals surface area contributed by atoms with Crippen molar-refractivity contribution in [3.05, 3.63) is 53.8 Å². The molecule has 0 bridgehead atoms. The van der Waals surface area contributed by atoms with E-state index in [0.717, 1.165) is 21.2 Å². The Balaban J connectivity index is 1.44. The van der Waals surface area contributed by atoms with E-state index in [1.807, 2.05) is 52.5 Å². The first-order chi connectivity index (χ1) is 11.3. The van der Waals surface area contributed by atoms with Crippen molar-refractivity contribution in [3.63, 3.8) is 0 Å². The molecule has 0 unspecified atom stereocenters. The smallest absolute Gasteiger partial charge is 0.232 e. The number of rotatable bonds is 4. The summed E-state index contributed by atoms with van der Waals surface area (Å²) in [5.74, 6) is -0.147. The van der Waals surface area contributed by atoms with E-state index < -0.39 is 0 Å². The number of carbonyl (C=O) groups is 1. The highest BCUT2D eigenvalue weighted by atomic mass is 32.1. The maximum atomic E-state index is 12.1. The summed E-state index contributed by atoms with van der Waals surface area (Å²) in [6.07, 6.45) is 4.00. The first-order valence-electron chi connectivity index (χ1n) is 6.88. The number of anilines is 1. The molecule has 114 valence electrons. The Bertz CT molecular complexity index is 928. The standard InChI is InChI=1S/C15H11N5OS2/c21-12(8-11-9-20-6-7-22-15(20)16-11)17-14-19-18-13(23-14)10-4-2-1-3-5-10/h1-7,9H,8H2,(H,17,19,21). The third-order valence-corrected chi connectivity index (χ3v) is 4.84. The van der Waals surface area contributed by atoms with Crippen LogP contribution in [0.5, 0.6) is 0 Å². The molecule has 1 aromatic carbocycles. The molecule has 6 nitrogen and oxygen atoms in total. The van der Waals surface area contributed by atoms with Crippen LogP contribution in [0.15, 0.2) is 48.1 Å². The molecule has 1 amide bonds. The lowest BCUT2D eigenvalue weighted by Gasteiger charge is -1.97. The van der Waals surface area contributed by atoms with Crippen molar-refractivity contribution in [1.29, 1.82) is 0 Å². The molecule has 0 spiro atoms. The lowest BCUT2D eigenvalue weighted by Crippen LogP contribution is -2.14. The van der Waals surface area contributed by atoms with Crippen molar-refractivity contribution in [2.45, 2.75) is 6.42 Å². The molecular formula is C15H11N5OS2. The fraction of sp³-hybridized carbons (Fsp3) is 0.0667. The van der Waals surface area contributed by atoms with Gasteiger partial charge in [0.1, 0.15) is 5.01 Å². The maximum Gasteiger partial charge on any atom is 0.232 e. The lowest BCUT2D eigenvalue weighted by atomic mass is 10.2. The minimum absolute atomic E-state index is 0.147. The number of hydrogen-bond acceptors (Lipinski definition) is 6. The molecule has 4 rings (SSSR count). The van der Waals surface area contributed by atoms with Crippen molar-refractivity contribution >= 4 is 38.7 Å². The molecule has 0 saturated carbocycles. The highest BCUT2D eigenvalue weighted by Crippen LogP contribution is 2.25. The second-order valence-corrected chi connectivity index (χ2v) is 6.68. The summed E-state index contributed by atoms with van der Waals surface area (Å²) in [6, 6.07) is 9.76. The predicted molar refractivity (Wildman–Crippen MR) is 90.7 cm³/mol. The van der Waals surface area contributed by atoms with Gasteiger partial charge in [-0.1, -0.05) is 41.7 Å². The van der Waals surface area contributed by atoms with Crippen LogP contribution in [0.1, 0.15) is 5.69 Å². The van der Waals surface area contributed by atoms with E-state index in [-0.39, 0.29) is 12.3 Å². The maximum absolute atomic E-state index is 12.1. The van der Waals surface area contributed by atoms with Crippen LogP contribution in [-0.4, -0.2) is 25.5 Å². The summed E-state index contributed by atoms with van der Waals surface area (Å²) in [5.41, 5.74) is 1.72. The highest BCUT2D eigenvalue weighted by molar-refractivity contribution is 7.18. The van der Waals surface area contributed by atoms with E-state index >= 15 is 0 Å². The molecule has 0 saturated heterocycles. The molecule has 3 aromatic heterocycles. The SMILES string of the molecule is O=C(Cc1cn2ccsc2n1)Nc1nnc(-c2ccccc2)s1. The van der Waals surface area contributed by atoms with Gasteiger partial charge in [-0.05, 0) is 0 Å². The van der Waals surface area contributed by atoms with E-state index in [1.54, 1.807) is 11.3 Å². The first-order valence-corrected chi connectivity index (χ1v) is 8.57. The fourth-order valence-corrected chi connectivity index (χ4v) is 3.64. The molecule has 0 aliphatic heterocycles. The van der Waals surface area contributed by atoms with Crippen LogP contribution in [0.3, 0.4) is 0 Å². The van der Waals surface area contributed by atoms with Gasteiger partial charge < -0.3 is 5.32 Å². The summed E-state index contributed by atoms with van der Waals surface area (Å²) < 4.78 is 1.91. The molecule has 0 aliphatic rings. The van der Waals surface area contributed by atoms with Crippen molar-refractivity contribution < 1.29 is 4.79 Å². The van der Waals surface area contributed by atoms with Gasteiger partial charge >= 0.3 is 0 Å². The number of hydrogen-bond donors (Lipinski definition) is 1. The number of nitrogens with zero attached hydrogens (tertiary/aromatic N) is 4. The molecule has 23 heavy (non-hydrogen) atoms. The molecule has 3 heterocycles. The molecular weight excluding hydrogens is 330 g/mol.